The van der Waals surface area contributed by atoms with Gasteiger partial charge in [-0.05, 0) is 68.1 Å². The molecule has 3 nitrogen and oxygen atoms in total. The summed E-state index contributed by atoms with van der Waals surface area (Å²) in [6, 6.07) is 13.8. The molecule has 0 aromatic heterocycles. The molecule has 1 aliphatic carbocycles. The van der Waals surface area contributed by atoms with Crippen LogP contribution in [-0.4, -0.2) is 36.1 Å². The van der Waals surface area contributed by atoms with E-state index in [1.807, 2.05) is 18.2 Å². The molecule has 1 atom stereocenters. The first-order valence-electron chi connectivity index (χ1n) is 9.73. The fourth-order valence-corrected chi connectivity index (χ4v) is 4.45. The summed E-state index contributed by atoms with van der Waals surface area (Å²) in [5.74, 6) is 0.432. The van der Waals surface area contributed by atoms with Gasteiger partial charge < -0.3 is 4.90 Å². The minimum absolute atomic E-state index is 0.0143. The van der Waals surface area contributed by atoms with Gasteiger partial charge in [-0.3, -0.25) is 9.59 Å². The Morgan fingerprint density at radius 1 is 1.00 bits per heavy atom. The molecule has 1 fully saturated rings. The van der Waals surface area contributed by atoms with Gasteiger partial charge in [-0.1, -0.05) is 24.3 Å². The highest BCUT2D eigenvalue weighted by Gasteiger charge is 2.30. The van der Waals surface area contributed by atoms with Crippen LogP contribution in [0, 0.1) is 17.7 Å². The van der Waals surface area contributed by atoms with Gasteiger partial charge in [-0.15, -0.1) is 0 Å². The van der Waals surface area contributed by atoms with Crippen LogP contribution in [0.5, 0.6) is 0 Å². The lowest BCUT2D eigenvalue weighted by atomic mass is 9.82. The number of hydrogen-bond acceptors (Lipinski definition) is 3. The Balaban J connectivity index is 1.32. The van der Waals surface area contributed by atoms with Crippen LogP contribution >= 0.6 is 0 Å². The van der Waals surface area contributed by atoms with Gasteiger partial charge in [0.05, 0.1) is 0 Å². The predicted octanol–water partition coefficient (Wildman–Crippen LogP) is 4.17. The highest BCUT2D eigenvalue weighted by Crippen LogP contribution is 2.28. The maximum absolute atomic E-state index is 13.0. The number of carbonyl (C=O) groups excluding carboxylic acids is 2. The average molecular weight is 365 g/mol. The molecule has 0 bridgehead atoms. The molecule has 140 valence electrons. The number of fused-ring (bicyclic) bond motifs is 1. The van der Waals surface area contributed by atoms with Crippen LogP contribution in [0.4, 0.5) is 4.39 Å². The topological polar surface area (TPSA) is 37.4 Å². The van der Waals surface area contributed by atoms with Gasteiger partial charge in [0.15, 0.2) is 11.6 Å². The largest absolute Gasteiger partial charge is 0.303 e. The number of likely N-dealkylation sites (tertiary alicyclic amines) is 1. The number of hydrogen-bond donors (Lipinski definition) is 0. The summed E-state index contributed by atoms with van der Waals surface area (Å²) in [7, 11) is 0. The number of nitrogens with zero attached hydrogens (tertiary/aromatic N) is 1. The van der Waals surface area contributed by atoms with Gasteiger partial charge in [0.1, 0.15) is 5.82 Å². The van der Waals surface area contributed by atoms with Crippen LogP contribution in [0.3, 0.4) is 0 Å². The van der Waals surface area contributed by atoms with Gasteiger partial charge in [-0.2, -0.15) is 0 Å². The van der Waals surface area contributed by atoms with Crippen molar-refractivity contribution in [3.8, 4) is 0 Å². The van der Waals surface area contributed by atoms with Crippen LogP contribution in [0.15, 0.2) is 48.5 Å². The number of halogens is 1. The molecule has 1 saturated heterocycles. The Kier molecular flexibility index (Phi) is 5.17. The van der Waals surface area contributed by atoms with E-state index in [0.29, 0.717) is 17.9 Å². The number of ketones is 2. The fourth-order valence-electron chi connectivity index (χ4n) is 4.45. The van der Waals surface area contributed by atoms with Crippen molar-refractivity contribution in [3.63, 3.8) is 0 Å². The smallest absolute Gasteiger partial charge is 0.166 e. The Bertz CT molecular complexity index is 838. The monoisotopic (exact) mass is 365 g/mol. The molecule has 27 heavy (non-hydrogen) atoms. The van der Waals surface area contributed by atoms with Crippen molar-refractivity contribution < 1.29 is 14.0 Å². The number of carbonyl (C=O) groups is 2. The summed E-state index contributed by atoms with van der Waals surface area (Å²) < 4.78 is 13.0. The second-order valence-electron chi connectivity index (χ2n) is 7.80. The lowest BCUT2D eigenvalue weighted by Crippen LogP contribution is -2.40. The minimum atomic E-state index is -0.315. The Labute approximate surface area is 159 Å². The van der Waals surface area contributed by atoms with E-state index >= 15 is 0 Å². The van der Waals surface area contributed by atoms with E-state index in [0.717, 1.165) is 44.5 Å². The number of benzene rings is 2. The summed E-state index contributed by atoms with van der Waals surface area (Å²) in [6.45, 7) is 2.67. The van der Waals surface area contributed by atoms with Gasteiger partial charge in [0.2, 0.25) is 0 Å². The minimum Gasteiger partial charge on any atom is -0.303 e. The SMILES string of the molecule is O=C1C[C@@H](CN2CCC(C(=O)c3ccc(F)cc3)CC2)Cc2ccccc21. The summed E-state index contributed by atoms with van der Waals surface area (Å²) >= 11 is 0. The average Bonchev–Trinajstić information content (AvgIpc) is 2.69. The molecule has 2 aromatic rings. The van der Waals surface area contributed by atoms with E-state index in [-0.39, 0.29) is 23.3 Å². The zero-order chi connectivity index (χ0) is 18.8. The van der Waals surface area contributed by atoms with E-state index in [1.54, 1.807) is 12.1 Å². The normalized spacial score (nSPS) is 21.1. The first-order chi connectivity index (χ1) is 13.1. The second-order valence-corrected chi connectivity index (χ2v) is 7.80. The van der Waals surface area contributed by atoms with Gasteiger partial charge in [0, 0.05) is 30.0 Å². The van der Waals surface area contributed by atoms with Crippen molar-refractivity contribution in [2.45, 2.75) is 25.7 Å². The van der Waals surface area contributed by atoms with Crippen LogP contribution in [0.25, 0.3) is 0 Å². The molecule has 1 heterocycles. The summed E-state index contributed by atoms with van der Waals surface area (Å²) in [5.41, 5.74) is 2.65. The zero-order valence-corrected chi connectivity index (χ0v) is 15.4. The first kappa shape index (κ1) is 18.1. The molecule has 0 amide bonds. The van der Waals surface area contributed by atoms with Crippen molar-refractivity contribution in [3.05, 3.63) is 71.0 Å². The highest BCUT2D eigenvalue weighted by molar-refractivity contribution is 5.99. The molecule has 1 aliphatic heterocycles. The van der Waals surface area contributed by atoms with E-state index < -0.39 is 0 Å². The number of Topliss-reactive ketones (excluding diaryl/α,β-unsaturated/α-hetero) is 2. The summed E-state index contributed by atoms with van der Waals surface area (Å²) in [4.78, 5) is 27.4. The van der Waals surface area contributed by atoms with Crippen molar-refractivity contribution in [1.82, 2.24) is 4.90 Å². The molecule has 4 heteroatoms. The van der Waals surface area contributed by atoms with E-state index in [1.165, 1.54) is 17.7 Å². The molecular formula is C23H24FNO2. The maximum Gasteiger partial charge on any atom is 0.166 e. The van der Waals surface area contributed by atoms with Crippen molar-refractivity contribution in [2.24, 2.45) is 11.8 Å². The second kappa shape index (κ2) is 7.73. The first-order valence-corrected chi connectivity index (χ1v) is 9.73. The molecular weight excluding hydrogens is 341 g/mol. The maximum atomic E-state index is 13.0. The van der Waals surface area contributed by atoms with Crippen LogP contribution in [-0.2, 0) is 6.42 Å². The van der Waals surface area contributed by atoms with Gasteiger partial charge >= 0.3 is 0 Å². The fraction of sp³-hybridized carbons (Fsp3) is 0.391. The van der Waals surface area contributed by atoms with E-state index in [9.17, 15) is 14.0 Å². The van der Waals surface area contributed by atoms with Gasteiger partial charge in [0.25, 0.3) is 0 Å². The van der Waals surface area contributed by atoms with Crippen LogP contribution in [0.2, 0.25) is 0 Å². The van der Waals surface area contributed by atoms with Gasteiger partial charge in [-0.25, -0.2) is 4.39 Å². The molecule has 0 spiro atoms. The zero-order valence-electron chi connectivity index (χ0n) is 15.4. The standard InChI is InChI=1S/C23H24FNO2/c24-20-7-5-17(6-8-20)23(27)18-9-11-25(12-10-18)15-16-13-19-3-1-2-4-21(19)22(26)14-16/h1-8,16,18H,9-15H2/t16-/m0/s1. The lowest BCUT2D eigenvalue weighted by molar-refractivity contribution is 0.0812. The summed E-state index contributed by atoms with van der Waals surface area (Å²) in [5, 5.41) is 0. The van der Waals surface area contributed by atoms with Crippen molar-refractivity contribution in [1.29, 1.82) is 0 Å². The molecule has 0 unspecified atom stereocenters. The molecule has 0 N–H and O–H groups in total. The molecule has 0 saturated carbocycles. The van der Waals surface area contributed by atoms with E-state index in [4.69, 9.17) is 0 Å². The van der Waals surface area contributed by atoms with Crippen LogP contribution in [0.1, 0.15) is 45.5 Å². The lowest BCUT2D eigenvalue weighted by Gasteiger charge is -2.35. The third kappa shape index (κ3) is 4.01. The molecule has 0 radical (unpaired) electrons. The molecule has 4 rings (SSSR count). The Morgan fingerprint density at radius 3 is 2.44 bits per heavy atom. The summed E-state index contributed by atoms with van der Waals surface area (Å²) in [6.07, 6.45) is 3.22. The highest BCUT2D eigenvalue weighted by atomic mass is 19.1. The van der Waals surface area contributed by atoms with Crippen molar-refractivity contribution in [2.75, 3.05) is 19.6 Å². The third-order valence-electron chi connectivity index (χ3n) is 5.90. The number of rotatable bonds is 4. The molecule has 2 aliphatic rings. The Hall–Kier alpha value is -2.33. The van der Waals surface area contributed by atoms with Crippen LogP contribution < -0.4 is 0 Å². The predicted molar refractivity (Wildman–Crippen MR) is 102 cm³/mol. The van der Waals surface area contributed by atoms with E-state index in [2.05, 4.69) is 11.0 Å². The van der Waals surface area contributed by atoms with Crippen molar-refractivity contribution >= 4 is 11.6 Å². The quantitative estimate of drug-likeness (QED) is 0.764. The Morgan fingerprint density at radius 2 is 1.70 bits per heavy atom. The molecule has 2 aromatic carbocycles. The number of piperidine rings is 1. The third-order valence-corrected chi connectivity index (χ3v) is 5.90.